The highest BCUT2D eigenvalue weighted by molar-refractivity contribution is 9.10. The van der Waals surface area contributed by atoms with E-state index in [0.29, 0.717) is 5.69 Å². The number of halogens is 1. The first-order valence-electron chi connectivity index (χ1n) is 5.69. The number of nitrogens with one attached hydrogen (secondary N) is 1. The van der Waals surface area contributed by atoms with Gasteiger partial charge in [0.05, 0.1) is 11.3 Å². The third-order valence-corrected chi connectivity index (χ3v) is 3.07. The molecular weight excluding hydrogens is 328 g/mol. The van der Waals surface area contributed by atoms with Gasteiger partial charge in [0, 0.05) is 5.69 Å². The van der Waals surface area contributed by atoms with Crippen molar-refractivity contribution < 1.29 is 9.72 Å². The van der Waals surface area contributed by atoms with Crippen molar-refractivity contribution in [2.24, 2.45) is 0 Å². The second kappa shape index (κ2) is 5.83. The first-order chi connectivity index (χ1) is 9.45. The lowest BCUT2D eigenvalue weighted by Crippen LogP contribution is -2.19. The summed E-state index contributed by atoms with van der Waals surface area (Å²) in [5.74, 6) is -0.619. The quantitative estimate of drug-likeness (QED) is 0.684. The van der Waals surface area contributed by atoms with Crippen LogP contribution >= 0.6 is 15.9 Å². The Bertz CT molecular complexity index is 651. The third-order valence-electron chi connectivity index (χ3n) is 2.51. The van der Waals surface area contributed by atoms with Gasteiger partial charge in [-0.3, -0.25) is 4.79 Å². The van der Waals surface area contributed by atoms with Gasteiger partial charge in [-0.05, 0) is 39.9 Å². The van der Waals surface area contributed by atoms with E-state index in [2.05, 4.69) is 26.3 Å². The van der Waals surface area contributed by atoms with E-state index in [-0.39, 0.29) is 22.7 Å². The topological polar surface area (TPSA) is 90.1 Å². The predicted octanol–water partition coefficient (Wildman–Crippen LogP) is 2.50. The van der Waals surface area contributed by atoms with Gasteiger partial charge in [0.25, 0.3) is 0 Å². The summed E-state index contributed by atoms with van der Waals surface area (Å²) in [4.78, 5) is 21.8. The summed E-state index contributed by atoms with van der Waals surface area (Å²) in [7, 11) is 0. The van der Waals surface area contributed by atoms with Crippen LogP contribution in [-0.2, 0) is 11.3 Å². The lowest BCUT2D eigenvalue weighted by molar-refractivity contribution is -0.390. The zero-order chi connectivity index (χ0) is 14.7. The van der Waals surface area contributed by atoms with Crippen LogP contribution in [0.15, 0.2) is 34.9 Å². The lowest BCUT2D eigenvalue weighted by atomic mass is 10.2. The Labute approximate surface area is 122 Å². The van der Waals surface area contributed by atoms with E-state index in [9.17, 15) is 14.9 Å². The fourth-order valence-corrected chi connectivity index (χ4v) is 2.04. The van der Waals surface area contributed by atoms with Crippen molar-refractivity contribution in [1.82, 2.24) is 9.78 Å². The Balaban J connectivity index is 2.03. The summed E-state index contributed by atoms with van der Waals surface area (Å²) in [6, 6.07) is 7.33. The number of aromatic nitrogens is 2. The Kier molecular flexibility index (Phi) is 4.14. The number of carbonyl (C=O) groups is 1. The van der Waals surface area contributed by atoms with Gasteiger partial charge in [-0.15, -0.1) is 0 Å². The number of aryl methyl sites for hydroxylation is 1. The Morgan fingerprint density at radius 2 is 2.10 bits per heavy atom. The smallest absolute Gasteiger partial charge is 0.358 e. The third kappa shape index (κ3) is 3.41. The normalized spacial score (nSPS) is 10.3. The van der Waals surface area contributed by atoms with Crippen molar-refractivity contribution in [1.29, 1.82) is 0 Å². The second-order valence-corrected chi connectivity index (χ2v) is 5.02. The molecule has 0 saturated carbocycles. The molecule has 1 amide bonds. The minimum Gasteiger partial charge on any atom is -0.358 e. The highest BCUT2D eigenvalue weighted by atomic mass is 79.9. The van der Waals surface area contributed by atoms with Crippen LogP contribution in [0.2, 0.25) is 0 Å². The van der Waals surface area contributed by atoms with E-state index in [0.717, 1.165) is 5.56 Å². The summed E-state index contributed by atoms with van der Waals surface area (Å²) >= 11 is 3.03. The molecule has 1 aromatic carbocycles. The Morgan fingerprint density at radius 1 is 1.45 bits per heavy atom. The van der Waals surface area contributed by atoms with Gasteiger partial charge in [-0.1, -0.05) is 17.7 Å². The van der Waals surface area contributed by atoms with Crippen molar-refractivity contribution in [3.8, 4) is 0 Å². The van der Waals surface area contributed by atoms with E-state index in [4.69, 9.17) is 0 Å². The largest absolute Gasteiger partial charge is 0.404 e. The molecule has 0 aliphatic carbocycles. The molecular formula is C12H11BrN4O3. The van der Waals surface area contributed by atoms with Crippen LogP contribution in [0.25, 0.3) is 0 Å². The van der Waals surface area contributed by atoms with Gasteiger partial charge in [0.2, 0.25) is 5.91 Å². The molecule has 0 bridgehead atoms. The van der Waals surface area contributed by atoms with Crippen LogP contribution in [0.3, 0.4) is 0 Å². The van der Waals surface area contributed by atoms with Gasteiger partial charge >= 0.3 is 5.82 Å². The molecule has 0 fully saturated rings. The standard InChI is InChI=1S/C12H11BrN4O3/c1-8-2-4-9(5-3-8)14-11(18)7-16-6-10(13)12(15-16)17(19)20/h2-6H,7H2,1H3,(H,14,18). The number of nitrogens with zero attached hydrogens (tertiary/aromatic N) is 3. The summed E-state index contributed by atoms with van der Waals surface area (Å²) in [6.45, 7) is 1.85. The summed E-state index contributed by atoms with van der Waals surface area (Å²) in [6.07, 6.45) is 1.40. The van der Waals surface area contributed by atoms with Crippen molar-refractivity contribution in [3.63, 3.8) is 0 Å². The molecule has 2 aromatic rings. The van der Waals surface area contributed by atoms with E-state index in [1.807, 2.05) is 19.1 Å². The fraction of sp³-hybridized carbons (Fsp3) is 0.167. The van der Waals surface area contributed by atoms with Gasteiger partial charge in [0.1, 0.15) is 11.0 Å². The average molecular weight is 339 g/mol. The molecule has 7 nitrogen and oxygen atoms in total. The summed E-state index contributed by atoms with van der Waals surface area (Å²) in [5.41, 5.74) is 1.76. The van der Waals surface area contributed by atoms with Crippen LogP contribution in [0.4, 0.5) is 11.5 Å². The maximum Gasteiger partial charge on any atom is 0.404 e. The van der Waals surface area contributed by atoms with Crippen LogP contribution < -0.4 is 5.32 Å². The number of benzene rings is 1. The minimum atomic E-state index is -0.613. The molecule has 2 rings (SSSR count). The van der Waals surface area contributed by atoms with Crippen LogP contribution in [0, 0.1) is 17.0 Å². The lowest BCUT2D eigenvalue weighted by Gasteiger charge is -2.04. The number of rotatable bonds is 4. The Hall–Kier alpha value is -2.22. The van der Waals surface area contributed by atoms with Gasteiger partial charge < -0.3 is 15.4 Å². The molecule has 0 unspecified atom stereocenters. The maximum absolute atomic E-state index is 11.8. The van der Waals surface area contributed by atoms with Crippen LogP contribution in [0.5, 0.6) is 0 Å². The van der Waals surface area contributed by atoms with Crippen molar-refractivity contribution in [2.75, 3.05) is 5.32 Å². The molecule has 0 spiro atoms. The van der Waals surface area contributed by atoms with Crippen LogP contribution in [-0.4, -0.2) is 20.6 Å². The highest BCUT2D eigenvalue weighted by Gasteiger charge is 2.19. The number of hydrogen-bond donors (Lipinski definition) is 1. The molecule has 1 aromatic heterocycles. The molecule has 8 heteroatoms. The van der Waals surface area contributed by atoms with E-state index in [1.165, 1.54) is 10.9 Å². The van der Waals surface area contributed by atoms with E-state index >= 15 is 0 Å². The van der Waals surface area contributed by atoms with Gasteiger partial charge in [0.15, 0.2) is 0 Å². The second-order valence-electron chi connectivity index (χ2n) is 4.17. The van der Waals surface area contributed by atoms with Gasteiger partial charge in [-0.25, -0.2) is 0 Å². The highest BCUT2D eigenvalue weighted by Crippen LogP contribution is 2.21. The monoisotopic (exact) mass is 338 g/mol. The molecule has 0 aliphatic rings. The van der Waals surface area contributed by atoms with Crippen LogP contribution in [0.1, 0.15) is 5.56 Å². The average Bonchev–Trinajstić information content (AvgIpc) is 2.73. The molecule has 0 radical (unpaired) electrons. The number of amides is 1. The van der Waals surface area contributed by atoms with Crippen molar-refractivity contribution >= 4 is 33.3 Å². The molecule has 1 heterocycles. The van der Waals surface area contributed by atoms with Crippen molar-refractivity contribution in [3.05, 3.63) is 50.6 Å². The zero-order valence-corrected chi connectivity index (χ0v) is 12.1. The Morgan fingerprint density at radius 3 is 2.65 bits per heavy atom. The number of hydrogen-bond acceptors (Lipinski definition) is 4. The number of anilines is 1. The van der Waals surface area contributed by atoms with Crippen molar-refractivity contribution in [2.45, 2.75) is 13.5 Å². The molecule has 20 heavy (non-hydrogen) atoms. The maximum atomic E-state index is 11.8. The predicted molar refractivity (Wildman–Crippen MR) is 76.4 cm³/mol. The molecule has 1 N–H and O–H groups in total. The fourth-order valence-electron chi connectivity index (χ4n) is 1.58. The molecule has 104 valence electrons. The molecule has 0 aliphatic heterocycles. The first kappa shape index (κ1) is 14.2. The van der Waals surface area contributed by atoms with E-state index in [1.54, 1.807) is 12.1 Å². The van der Waals surface area contributed by atoms with Gasteiger partial charge in [-0.2, -0.15) is 4.68 Å². The SMILES string of the molecule is Cc1ccc(NC(=O)Cn2cc(Br)c([N+](=O)[O-])n2)cc1. The molecule has 0 atom stereocenters. The first-order valence-corrected chi connectivity index (χ1v) is 6.49. The molecule has 0 saturated heterocycles. The zero-order valence-electron chi connectivity index (χ0n) is 10.5. The van der Waals surface area contributed by atoms with E-state index < -0.39 is 4.92 Å². The number of carbonyl (C=O) groups excluding carboxylic acids is 1. The summed E-state index contributed by atoms with van der Waals surface area (Å²) in [5, 5.41) is 17.0. The summed E-state index contributed by atoms with van der Waals surface area (Å²) < 4.78 is 1.46. The minimum absolute atomic E-state index is 0.0969. The number of nitro groups is 1.